The van der Waals surface area contributed by atoms with Crippen molar-refractivity contribution in [3.8, 4) is 5.75 Å². The zero-order chi connectivity index (χ0) is 14.8. The van der Waals surface area contributed by atoms with Crippen molar-refractivity contribution in [2.45, 2.75) is 64.8 Å². The van der Waals surface area contributed by atoms with Gasteiger partial charge in [0.25, 0.3) is 0 Å². The van der Waals surface area contributed by atoms with E-state index in [2.05, 4.69) is 45.1 Å². The summed E-state index contributed by atoms with van der Waals surface area (Å²) >= 11 is 0. The number of methoxy groups -OCH3 is 1. The molecule has 1 saturated heterocycles. The molecule has 1 aromatic carbocycles. The predicted molar refractivity (Wildman–Crippen MR) is 85.8 cm³/mol. The second-order valence-corrected chi connectivity index (χ2v) is 7.09. The van der Waals surface area contributed by atoms with Crippen LogP contribution in [0, 0.1) is 6.92 Å². The molecule has 20 heavy (non-hydrogen) atoms. The Labute approximate surface area is 123 Å². The first-order valence-corrected chi connectivity index (χ1v) is 7.83. The number of ether oxygens (including phenoxy) is 1. The fraction of sp³-hybridized carbons (Fsp3) is 0.667. The summed E-state index contributed by atoms with van der Waals surface area (Å²) < 4.78 is 5.63. The molecule has 2 nitrogen and oxygen atoms in total. The van der Waals surface area contributed by atoms with E-state index in [4.69, 9.17) is 4.74 Å². The summed E-state index contributed by atoms with van der Waals surface area (Å²) in [5.74, 6) is 1.05. The van der Waals surface area contributed by atoms with Crippen molar-refractivity contribution < 1.29 is 4.74 Å². The minimum absolute atomic E-state index is 0.117. The molecule has 112 valence electrons. The number of benzene rings is 1. The van der Waals surface area contributed by atoms with Gasteiger partial charge in [-0.3, -0.25) is 0 Å². The molecule has 1 unspecified atom stereocenters. The minimum Gasteiger partial charge on any atom is -0.496 e. The lowest BCUT2D eigenvalue weighted by Gasteiger charge is -2.27. The predicted octanol–water partition coefficient (Wildman–Crippen LogP) is 3.99. The Balaban J connectivity index is 2.28. The molecule has 0 aromatic heterocycles. The number of piperidine rings is 1. The maximum absolute atomic E-state index is 5.63. The van der Waals surface area contributed by atoms with Crippen molar-refractivity contribution in [3.63, 3.8) is 0 Å². The van der Waals surface area contributed by atoms with Gasteiger partial charge in [-0.15, -0.1) is 0 Å². The second-order valence-electron chi connectivity index (χ2n) is 7.09. The molecule has 0 bridgehead atoms. The van der Waals surface area contributed by atoms with Crippen LogP contribution in [0.25, 0.3) is 0 Å². The molecule has 1 N–H and O–H groups in total. The van der Waals surface area contributed by atoms with Crippen LogP contribution in [0.1, 0.15) is 56.7 Å². The molecule has 1 fully saturated rings. The minimum atomic E-state index is 0.117. The average molecular weight is 275 g/mol. The number of rotatable bonds is 3. The molecule has 2 rings (SSSR count). The summed E-state index contributed by atoms with van der Waals surface area (Å²) in [4.78, 5) is 0. The van der Waals surface area contributed by atoms with E-state index in [-0.39, 0.29) is 5.41 Å². The third kappa shape index (κ3) is 3.54. The quantitative estimate of drug-likeness (QED) is 0.900. The lowest BCUT2D eigenvalue weighted by atomic mass is 9.83. The fourth-order valence-electron chi connectivity index (χ4n) is 3.18. The summed E-state index contributed by atoms with van der Waals surface area (Å²) in [5.41, 5.74) is 4.13. The van der Waals surface area contributed by atoms with E-state index in [0.717, 1.165) is 12.2 Å². The van der Waals surface area contributed by atoms with Crippen molar-refractivity contribution in [3.05, 3.63) is 28.8 Å². The van der Waals surface area contributed by atoms with Crippen LogP contribution in [0.4, 0.5) is 0 Å². The molecule has 1 aromatic rings. The van der Waals surface area contributed by atoms with Gasteiger partial charge in [-0.25, -0.2) is 0 Å². The molecular weight excluding hydrogens is 246 g/mol. The number of nitrogens with one attached hydrogen (secondary N) is 1. The average Bonchev–Trinajstić information content (AvgIpc) is 2.38. The second kappa shape index (κ2) is 6.17. The summed E-state index contributed by atoms with van der Waals surface area (Å²) in [5, 5.41) is 3.64. The van der Waals surface area contributed by atoms with Crippen molar-refractivity contribution >= 4 is 0 Å². The first kappa shape index (κ1) is 15.4. The zero-order valence-electron chi connectivity index (χ0n) is 13.7. The topological polar surface area (TPSA) is 21.3 Å². The van der Waals surface area contributed by atoms with Gasteiger partial charge in [0.05, 0.1) is 7.11 Å². The van der Waals surface area contributed by atoms with Gasteiger partial charge in [-0.2, -0.15) is 0 Å². The lowest BCUT2D eigenvalue weighted by Crippen LogP contribution is -2.35. The van der Waals surface area contributed by atoms with Gasteiger partial charge in [0.1, 0.15) is 5.75 Å². The third-order valence-corrected chi connectivity index (χ3v) is 4.24. The van der Waals surface area contributed by atoms with E-state index in [0.29, 0.717) is 6.04 Å². The van der Waals surface area contributed by atoms with E-state index in [9.17, 15) is 0 Å². The van der Waals surface area contributed by atoms with E-state index in [1.807, 2.05) is 0 Å². The summed E-state index contributed by atoms with van der Waals surface area (Å²) in [6.45, 7) is 10.1. The third-order valence-electron chi connectivity index (χ3n) is 4.24. The van der Waals surface area contributed by atoms with Gasteiger partial charge in [0.2, 0.25) is 0 Å². The van der Waals surface area contributed by atoms with Gasteiger partial charge >= 0.3 is 0 Å². The van der Waals surface area contributed by atoms with Crippen LogP contribution in [-0.4, -0.2) is 19.7 Å². The van der Waals surface area contributed by atoms with Gasteiger partial charge in [-0.05, 0) is 49.3 Å². The lowest BCUT2D eigenvalue weighted by molar-refractivity contribution is 0.390. The Morgan fingerprint density at radius 2 is 2.00 bits per heavy atom. The van der Waals surface area contributed by atoms with Gasteiger partial charge < -0.3 is 10.1 Å². The van der Waals surface area contributed by atoms with Crippen LogP contribution in [0.3, 0.4) is 0 Å². The standard InChI is InChI=1S/C18H29NO/c1-13-10-14(11-15-8-6-7-9-19-15)12-16(17(13)20-5)18(2,3)4/h10,12,15,19H,6-9,11H2,1-5H3. The highest BCUT2D eigenvalue weighted by Crippen LogP contribution is 2.35. The monoisotopic (exact) mass is 275 g/mol. The Hall–Kier alpha value is -1.02. The van der Waals surface area contributed by atoms with E-state index in [1.165, 1.54) is 42.5 Å². The molecule has 0 aliphatic carbocycles. The molecule has 1 aliphatic heterocycles. The van der Waals surface area contributed by atoms with Crippen LogP contribution in [0.15, 0.2) is 12.1 Å². The molecule has 1 atom stereocenters. The normalized spacial score (nSPS) is 19.9. The SMILES string of the molecule is COc1c(C)cc(CC2CCCCN2)cc1C(C)(C)C. The Bertz CT molecular complexity index is 453. The van der Waals surface area contributed by atoms with Crippen molar-refractivity contribution in [1.82, 2.24) is 5.32 Å². The molecule has 0 saturated carbocycles. The van der Waals surface area contributed by atoms with Crippen LogP contribution in [-0.2, 0) is 11.8 Å². The summed E-state index contributed by atoms with van der Waals surface area (Å²) in [6.07, 6.45) is 5.12. The summed E-state index contributed by atoms with van der Waals surface area (Å²) in [7, 11) is 1.78. The Kier molecular flexibility index (Phi) is 4.74. The van der Waals surface area contributed by atoms with Crippen molar-refractivity contribution in [2.75, 3.05) is 13.7 Å². The smallest absolute Gasteiger partial charge is 0.125 e. The molecule has 2 heteroatoms. The zero-order valence-corrected chi connectivity index (χ0v) is 13.7. The maximum Gasteiger partial charge on any atom is 0.125 e. The van der Waals surface area contributed by atoms with Crippen LogP contribution in [0.5, 0.6) is 5.75 Å². The highest BCUT2D eigenvalue weighted by Gasteiger charge is 2.22. The molecule has 1 heterocycles. The Morgan fingerprint density at radius 3 is 2.55 bits per heavy atom. The largest absolute Gasteiger partial charge is 0.496 e. The first-order valence-electron chi connectivity index (χ1n) is 7.83. The fourth-order valence-corrected chi connectivity index (χ4v) is 3.18. The van der Waals surface area contributed by atoms with Gasteiger partial charge in [0.15, 0.2) is 0 Å². The van der Waals surface area contributed by atoms with Gasteiger partial charge in [0, 0.05) is 11.6 Å². The highest BCUT2D eigenvalue weighted by molar-refractivity contribution is 5.47. The van der Waals surface area contributed by atoms with E-state index in [1.54, 1.807) is 7.11 Å². The summed E-state index contributed by atoms with van der Waals surface area (Å²) in [6, 6.07) is 5.29. The van der Waals surface area contributed by atoms with E-state index >= 15 is 0 Å². The van der Waals surface area contributed by atoms with Crippen molar-refractivity contribution in [2.24, 2.45) is 0 Å². The van der Waals surface area contributed by atoms with Gasteiger partial charge in [-0.1, -0.05) is 39.3 Å². The highest BCUT2D eigenvalue weighted by atomic mass is 16.5. The molecule has 0 amide bonds. The Morgan fingerprint density at radius 1 is 1.25 bits per heavy atom. The molecule has 0 radical (unpaired) electrons. The molecule has 0 spiro atoms. The first-order chi connectivity index (χ1) is 9.41. The van der Waals surface area contributed by atoms with E-state index < -0.39 is 0 Å². The number of hydrogen-bond acceptors (Lipinski definition) is 2. The molecular formula is C18H29NO. The molecule has 1 aliphatic rings. The van der Waals surface area contributed by atoms with Crippen LogP contribution >= 0.6 is 0 Å². The maximum atomic E-state index is 5.63. The number of aryl methyl sites for hydroxylation is 1. The van der Waals surface area contributed by atoms with Crippen molar-refractivity contribution in [1.29, 1.82) is 0 Å². The van der Waals surface area contributed by atoms with Crippen LogP contribution in [0.2, 0.25) is 0 Å². The number of hydrogen-bond donors (Lipinski definition) is 1. The van der Waals surface area contributed by atoms with Crippen LogP contribution < -0.4 is 10.1 Å².